The molecule has 18 heavy (non-hydrogen) atoms. The molecule has 1 atom stereocenters. The maximum atomic E-state index is 12.3. The third-order valence-electron chi connectivity index (χ3n) is 3.90. The third kappa shape index (κ3) is 1.73. The fourth-order valence-electron chi connectivity index (χ4n) is 2.82. The summed E-state index contributed by atoms with van der Waals surface area (Å²) in [6, 6.07) is 9.70. The number of amides is 2. The van der Waals surface area contributed by atoms with Crippen molar-refractivity contribution in [2.24, 2.45) is 5.73 Å². The van der Waals surface area contributed by atoms with Gasteiger partial charge in [0, 0.05) is 18.5 Å². The molecule has 0 aromatic heterocycles. The van der Waals surface area contributed by atoms with E-state index < -0.39 is 0 Å². The summed E-state index contributed by atoms with van der Waals surface area (Å²) in [4.78, 5) is 25.7. The van der Waals surface area contributed by atoms with E-state index in [4.69, 9.17) is 5.73 Å². The maximum Gasteiger partial charge on any atom is 0.237 e. The summed E-state index contributed by atoms with van der Waals surface area (Å²) in [6.45, 7) is 0. The zero-order chi connectivity index (χ0) is 12.7. The summed E-state index contributed by atoms with van der Waals surface area (Å²) < 4.78 is 0. The molecule has 1 aliphatic carbocycles. The van der Waals surface area contributed by atoms with Crippen LogP contribution in [-0.4, -0.2) is 28.8 Å². The molecule has 4 heteroatoms. The van der Waals surface area contributed by atoms with E-state index in [1.165, 1.54) is 4.90 Å². The van der Waals surface area contributed by atoms with E-state index in [1.54, 1.807) is 0 Å². The topological polar surface area (TPSA) is 63.4 Å². The van der Waals surface area contributed by atoms with Crippen LogP contribution in [0.1, 0.15) is 30.7 Å². The van der Waals surface area contributed by atoms with E-state index in [-0.39, 0.29) is 29.8 Å². The predicted octanol–water partition coefficient (Wildman–Crippen LogP) is 1.02. The molecule has 3 rings (SSSR count). The Morgan fingerprint density at radius 1 is 1.11 bits per heavy atom. The van der Waals surface area contributed by atoms with Gasteiger partial charge in [0.1, 0.15) is 0 Å². The van der Waals surface area contributed by atoms with Crippen LogP contribution in [0.5, 0.6) is 0 Å². The van der Waals surface area contributed by atoms with Crippen LogP contribution in [0.15, 0.2) is 30.3 Å². The Balaban J connectivity index is 1.81. The van der Waals surface area contributed by atoms with E-state index in [2.05, 4.69) is 0 Å². The van der Waals surface area contributed by atoms with E-state index in [0.29, 0.717) is 6.42 Å². The minimum Gasteiger partial charge on any atom is -0.328 e. The van der Waals surface area contributed by atoms with Gasteiger partial charge in [-0.25, -0.2) is 0 Å². The van der Waals surface area contributed by atoms with Gasteiger partial charge in [-0.3, -0.25) is 14.5 Å². The predicted molar refractivity (Wildman–Crippen MR) is 66.7 cm³/mol. The summed E-state index contributed by atoms with van der Waals surface area (Å²) in [5.74, 6) is -0.399. The molecular weight excluding hydrogens is 228 g/mol. The molecule has 0 bridgehead atoms. The highest BCUT2D eigenvalue weighted by atomic mass is 16.2. The van der Waals surface area contributed by atoms with Crippen LogP contribution in [0, 0.1) is 0 Å². The van der Waals surface area contributed by atoms with Crippen LogP contribution < -0.4 is 5.73 Å². The number of nitrogens with two attached hydrogens (primary N) is 1. The van der Waals surface area contributed by atoms with Crippen LogP contribution in [0.2, 0.25) is 0 Å². The van der Waals surface area contributed by atoms with Gasteiger partial charge in [0.05, 0.1) is 5.92 Å². The summed E-state index contributed by atoms with van der Waals surface area (Å²) in [6.07, 6.45) is 1.80. The van der Waals surface area contributed by atoms with Gasteiger partial charge < -0.3 is 5.73 Å². The molecule has 1 saturated carbocycles. The minimum atomic E-state index is -0.296. The Bertz CT molecular complexity index is 480. The molecule has 1 aromatic rings. The normalized spacial score (nSPS) is 31.6. The van der Waals surface area contributed by atoms with Crippen molar-refractivity contribution in [1.29, 1.82) is 0 Å². The quantitative estimate of drug-likeness (QED) is 0.790. The molecule has 2 fully saturated rings. The molecule has 0 radical (unpaired) electrons. The molecule has 0 spiro atoms. The van der Waals surface area contributed by atoms with Crippen molar-refractivity contribution in [1.82, 2.24) is 4.90 Å². The first kappa shape index (κ1) is 11.4. The number of likely N-dealkylation sites (tertiary alicyclic amines) is 1. The van der Waals surface area contributed by atoms with Crippen molar-refractivity contribution < 1.29 is 9.59 Å². The standard InChI is InChI=1S/C14H16N2O2/c15-10-6-11(7-10)16-13(17)8-12(14(16)18)9-4-2-1-3-5-9/h1-5,10-12H,6-8,15H2. The molecule has 1 aromatic carbocycles. The molecular formula is C14H16N2O2. The fourth-order valence-corrected chi connectivity index (χ4v) is 2.82. The largest absolute Gasteiger partial charge is 0.328 e. The van der Waals surface area contributed by atoms with E-state index in [9.17, 15) is 9.59 Å². The van der Waals surface area contributed by atoms with E-state index >= 15 is 0 Å². The number of rotatable bonds is 2. The van der Waals surface area contributed by atoms with Gasteiger partial charge in [-0.2, -0.15) is 0 Å². The van der Waals surface area contributed by atoms with Gasteiger partial charge in [-0.1, -0.05) is 30.3 Å². The molecule has 2 aliphatic rings. The van der Waals surface area contributed by atoms with Gasteiger partial charge >= 0.3 is 0 Å². The van der Waals surface area contributed by atoms with E-state index in [1.807, 2.05) is 30.3 Å². The summed E-state index contributed by atoms with van der Waals surface area (Å²) in [5.41, 5.74) is 6.66. The molecule has 4 nitrogen and oxygen atoms in total. The van der Waals surface area contributed by atoms with Crippen LogP contribution in [0.25, 0.3) is 0 Å². The highest BCUT2D eigenvalue weighted by molar-refractivity contribution is 6.06. The second-order valence-corrected chi connectivity index (χ2v) is 5.15. The number of hydrogen-bond donors (Lipinski definition) is 1. The summed E-state index contributed by atoms with van der Waals surface area (Å²) >= 11 is 0. The van der Waals surface area contributed by atoms with Gasteiger partial charge in [-0.15, -0.1) is 0 Å². The maximum absolute atomic E-state index is 12.3. The lowest BCUT2D eigenvalue weighted by Crippen LogP contribution is -2.52. The van der Waals surface area contributed by atoms with Gasteiger partial charge in [-0.05, 0) is 18.4 Å². The van der Waals surface area contributed by atoms with Crippen molar-refractivity contribution in [3.05, 3.63) is 35.9 Å². The van der Waals surface area contributed by atoms with Crippen molar-refractivity contribution in [2.75, 3.05) is 0 Å². The van der Waals surface area contributed by atoms with E-state index in [0.717, 1.165) is 18.4 Å². The Morgan fingerprint density at radius 3 is 2.39 bits per heavy atom. The van der Waals surface area contributed by atoms with Crippen LogP contribution >= 0.6 is 0 Å². The van der Waals surface area contributed by atoms with Crippen molar-refractivity contribution in [2.45, 2.75) is 37.3 Å². The smallest absolute Gasteiger partial charge is 0.237 e. The van der Waals surface area contributed by atoms with Crippen LogP contribution in [0.3, 0.4) is 0 Å². The Morgan fingerprint density at radius 2 is 1.78 bits per heavy atom. The van der Waals surface area contributed by atoms with Crippen LogP contribution in [-0.2, 0) is 9.59 Å². The second kappa shape index (κ2) is 4.21. The van der Waals surface area contributed by atoms with Gasteiger partial charge in [0.15, 0.2) is 0 Å². The first-order valence-corrected chi connectivity index (χ1v) is 6.33. The zero-order valence-electron chi connectivity index (χ0n) is 10.1. The monoisotopic (exact) mass is 244 g/mol. The number of carbonyl (C=O) groups excluding carboxylic acids is 2. The first-order chi connectivity index (χ1) is 8.66. The minimum absolute atomic E-state index is 0.0358. The lowest BCUT2D eigenvalue weighted by molar-refractivity contribution is -0.143. The second-order valence-electron chi connectivity index (χ2n) is 5.15. The highest BCUT2D eigenvalue weighted by Crippen LogP contribution is 2.35. The van der Waals surface area contributed by atoms with Gasteiger partial charge in [0.25, 0.3) is 0 Å². The molecule has 1 aliphatic heterocycles. The molecule has 2 N–H and O–H groups in total. The fraction of sp³-hybridized carbons (Fsp3) is 0.429. The molecule has 1 saturated heterocycles. The number of imide groups is 1. The van der Waals surface area contributed by atoms with Gasteiger partial charge in [0.2, 0.25) is 11.8 Å². The third-order valence-corrected chi connectivity index (χ3v) is 3.90. The number of benzene rings is 1. The number of nitrogens with zero attached hydrogens (tertiary/aromatic N) is 1. The number of hydrogen-bond acceptors (Lipinski definition) is 3. The Labute approximate surface area is 106 Å². The first-order valence-electron chi connectivity index (χ1n) is 6.33. The zero-order valence-corrected chi connectivity index (χ0v) is 10.1. The molecule has 1 unspecified atom stereocenters. The van der Waals surface area contributed by atoms with Crippen molar-refractivity contribution in [3.63, 3.8) is 0 Å². The lowest BCUT2D eigenvalue weighted by Gasteiger charge is -2.38. The molecule has 1 heterocycles. The van der Waals surface area contributed by atoms with Crippen LogP contribution in [0.4, 0.5) is 0 Å². The van der Waals surface area contributed by atoms with Crippen molar-refractivity contribution >= 4 is 11.8 Å². The summed E-state index contributed by atoms with van der Waals surface area (Å²) in [5, 5.41) is 0. The molecule has 2 amide bonds. The Hall–Kier alpha value is -1.68. The van der Waals surface area contributed by atoms with Crippen molar-refractivity contribution in [3.8, 4) is 0 Å². The molecule has 94 valence electrons. The average Bonchev–Trinajstić information content (AvgIpc) is 2.62. The summed E-state index contributed by atoms with van der Waals surface area (Å²) in [7, 11) is 0. The number of carbonyl (C=O) groups is 2. The lowest BCUT2D eigenvalue weighted by atomic mass is 9.86. The SMILES string of the molecule is NC1CC(N2C(=O)CC(c3ccccc3)C2=O)C1. The average molecular weight is 244 g/mol. The Kier molecular flexibility index (Phi) is 2.67. The highest BCUT2D eigenvalue weighted by Gasteiger charge is 2.46.